The number of nitrogens with zero attached hydrogens (tertiary/aromatic N) is 3. The van der Waals surface area contributed by atoms with Crippen LogP contribution in [-0.2, 0) is 0 Å². The molecule has 0 saturated carbocycles. The van der Waals surface area contributed by atoms with Crippen molar-refractivity contribution in [1.29, 1.82) is 0 Å². The van der Waals surface area contributed by atoms with E-state index in [2.05, 4.69) is 27.9 Å². The summed E-state index contributed by atoms with van der Waals surface area (Å²) in [5.74, 6) is 0.645. The second kappa shape index (κ2) is 8.00. The van der Waals surface area contributed by atoms with Crippen LogP contribution in [0.5, 0.6) is 0 Å². The number of carbonyl (C=O) groups excluding carboxylic acids is 1. The summed E-state index contributed by atoms with van der Waals surface area (Å²) in [7, 11) is 0. The lowest BCUT2D eigenvalue weighted by atomic mass is 10.1. The van der Waals surface area contributed by atoms with Crippen LogP contribution in [0.25, 0.3) is 0 Å². The largest absolute Gasteiger partial charge is 0.319 e. The van der Waals surface area contributed by atoms with Crippen molar-refractivity contribution in [2.45, 2.75) is 30.7 Å². The van der Waals surface area contributed by atoms with Gasteiger partial charge in [-0.25, -0.2) is 4.68 Å². The maximum Gasteiger partial charge on any atom is 0.277 e. The molecule has 1 saturated heterocycles. The number of thioether (sulfide) groups is 1. The van der Waals surface area contributed by atoms with Gasteiger partial charge < -0.3 is 10.6 Å². The number of hydrogen-bond acceptors (Lipinski definition) is 5. The number of nitrogens with one attached hydrogen (secondary N) is 2. The van der Waals surface area contributed by atoms with Gasteiger partial charge in [-0.05, 0) is 49.9 Å². The number of rotatable bonds is 5. The molecule has 1 aliphatic rings. The smallest absolute Gasteiger partial charge is 0.277 e. The molecule has 1 fully saturated rings. The molecule has 1 amide bonds. The molecule has 2 N–H and O–H groups in total. The number of piperidine rings is 1. The van der Waals surface area contributed by atoms with Gasteiger partial charge in [-0.2, -0.15) is 0 Å². The normalized spacial score (nSPS) is 15.4. The Bertz CT molecular complexity index is 714. The number of anilines is 1. The van der Waals surface area contributed by atoms with Crippen molar-refractivity contribution >= 4 is 35.0 Å². The van der Waals surface area contributed by atoms with Gasteiger partial charge in [0.25, 0.3) is 5.91 Å². The van der Waals surface area contributed by atoms with E-state index in [1.165, 1.54) is 0 Å². The third-order valence-electron chi connectivity index (χ3n) is 3.92. The second-order valence-corrected chi connectivity index (χ2v) is 7.33. The van der Waals surface area contributed by atoms with Crippen LogP contribution in [0.1, 0.15) is 36.3 Å². The second-order valence-electron chi connectivity index (χ2n) is 5.59. The highest BCUT2D eigenvalue weighted by atomic mass is 35.5. The molecule has 2 aromatic rings. The molecule has 1 aromatic carbocycles. The van der Waals surface area contributed by atoms with Gasteiger partial charge in [-0.3, -0.25) is 4.79 Å². The number of halogens is 1. The lowest BCUT2D eigenvalue weighted by Gasteiger charge is -2.22. The first kappa shape index (κ1) is 17.3. The van der Waals surface area contributed by atoms with E-state index in [-0.39, 0.29) is 5.91 Å². The van der Waals surface area contributed by atoms with Crippen molar-refractivity contribution in [3.63, 3.8) is 0 Å². The van der Waals surface area contributed by atoms with Crippen LogP contribution < -0.4 is 10.6 Å². The summed E-state index contributed by atoms with van der Waals surface area (Å²) in [6.45, 7) is 3.99. The Balaban J connectivity index is 1.73. The Morgan fingerprint density at radius 3 is 3.00 bits per heavy atom. The highest BCUT2D eigenvalue weighted by molar-refractivity contribution is 7.99. The molecule has 3 rings (SSSR count). The maximum atomic E-state index is 12.5. The summed E-state index contributed by atoms with van der Waals surface area (Å²) in [4.78, 5) is 13.5. The fourth-order valence-electron chi connectivity index (χ4n) is 2.70. The number of aromatic nitrogens is 3. The Morgan fingerprint density at radius 1 is 1.46 bits per heavy atom. The minimum Gasteiger partial charge on any atom is -0.319 e. The molecular formula is C16H20ClN5OS. The van der Waals surface area contributed by atoms with Crippen LogP contribution in [0.15, 0.2) is 29.3 Å². The Hall–Kier alpha value is -1.57. The van der Waals surface area contributed by atoms with Gasteiger partial charge in [0.2, 0.25) is 0 Å². The Labute approximate surface area is 150 Å². The van der Waals surface area contributed by atoms with Gasteiger partial charge in [0.05, 0.1) is 17.9 Å². The lowest BCUT2D eigenvalue weighted by molar-refractivity contribution is 0.102. The molecule has 1 aromatic heterocycles. The summed E-state index contributed by atoms with van der Waals surface area (Å²) < 4.78 is 1.80. The van der Waals surface area contributed by atoms with E-state index in [9.17, 15) is 4.79 Å². The van der Waals surface area contributed by atoms with Gasteiger partial charge in [0.15, 0.2) is 5.69 Å². The van der Waals surface area contributed by atoms with Crippen LogP contribution in [0.4, 0.5) is 5.69 Å². The van der Waals surface area contributed by atoms with E-state index in [0.29, 0.717) is 22.4 Å². The minimum atomic E-state index is -0.268. The van der Waals surface area contributed by atoms with E-state index in [1.54, 1.807) is 28.7 Å². The Morgan fingerprint density at radius 2 is 2.25 bits per heavy atom. The molecule has 24 heavy (non-hydrogen) atoms. The zero-order valence-corrected chi connectivity index (χ0v) is 15.0. The van der Waals surface area contributed by atoms with E-state index in [1.807, 2.05) is 12.1 Å². The summed E-state index contributed by atoms with van der Waals surface area (Å²) in [6.07, 6.45) is 3.72. The molecule has 0 atom stereocenters. The van der Waals surface area contributed by atoms with Crippen molar-refractivity contribution in [2.75, 3.05) is 24.2 Å². The molecule has 0 radical (unpaired) electrons. The van der Waals surface area contributed by atoms with Crippen molar-refractivity contribution in [3.8, 4) is 0 Å². The van der Waals surface area contributed by atoms with Crippen LogP contribution in [0.2, 0.25) is 5.02 Å². The summed E-state index contributed by atoms with van der Waals surface area (Å²) in [5, 5.41) is 14.9. The van der Waals surface area contributed by atoms with Gasteiger partial charge >= 0.3 is 0 Å². The third-order valence-corrected chi connectivity index (χ3v) is 5.11. The van der Waals surface area contributed by atoms with Crippen LogP contribution in [0.3, 0.4) is 0 Å². The number of amides is 1. The van der Waals surface area contributed by atoms with Gasteiger partial charge in [-0.1, -0.05) is 23.7 Å². The van der Waals surface area contributed by atoms with Crippen LogP contribution in [-0.4, -0.2) is 39.7 Å². The molecule has 2 heterocycles. The molecule has 0 bridgehead atoms. The SMILES string of the molecule is CCSc1ccc(Cl)cc1NC(=O)c1cn(C2CCNCC2)nn1. The average molecular weight is 366 g/mol. The van der Waals surface area contributed by atoms with Gasteiger partial charge in [0, 0.05) is 9.92 Å². The number of benzene rings is 1. The molecule has 0 spiro atoms. The Kier molecular flexibility index (Phi) is 5.76. The molecule has 6 nitrogen and oxygen atoms in total. The van der Waals surface area contributed by atoms with E-state index >= 15 is 0 Å². The molecule has 0 aliphatic carbocycles. The molecule has 8 heteroatoms. The van der Waals surface area contributed by atoms with Crippen molar-refractivity contribution in [3.05, 3.63) is 35.1 Å². The zero-order valence-electron chi connectivity index (χ0n) is 13.5. The third kappa shape index (κ3) is 4.09. The minimum absolute atomic E-state index is 0.268. The van der Waals surface area contributed by atoms with E-state index in [4.69, 9.17) is 11.6 Å². The zero-order chi connectivity index (χ0) is 16.9. The predicted octanol–water partition coefficient (Wildman–Crippen LogP) is 3.22. The lowest BCUT2D eigenvalue weighted by Crippen LogP contribution is -2.29. The fourth-order valence-corrected chi connectivity index (χ4v) is 3.61. The first-order valence-corrected chi connectivity index (χ1v) is 9.40. The molecule has 128 valence electrons. The summed E-state index contributed by atoms with van der Waals surface area (Å²) >= 11 is 7.71. The quantitative estimate of drug-likeness (QED) is 0.796. The topological polar surface area (TPSA) is 71.8 Å². The molecule has 0 unspecified atom stereocenters. The highest BCUT2D eigenvalue weighted by Gasteiger charge is 2.19. The number of carbonyl (C=O) groups is 1. The van der Waals surface area contributed by atoms with Crippen LogP contribution >= 0.6 is 23.4 Å². The van der Waals surface area contributed by atoms with Gasteiger partial charge in [-0.15, -0.1) is 16.9 Å². The summed E-state index contributed by atoms with van der Waals surface area (Å²) in [5.41, 5.74) is 1.02. The molecular weight excluding hydrogens is 346 g/mol. The molecule has 1 aliphatic heterocycles. The monoisotopic (exact) mass is 365 g/mol. The average Bonchev–Trinajstić information content (AvgIpc) is 3.08. The van der Waals surface area contributed by atoms with Crippen molar-refractivity contribution < 1.29 is 4.79 Å². The summed E-state index contributed by atoms with van der Waals surface area (Å²) in [6, 6.07) is 5.80. The van der Waals surface area contributed by atoms with Crippen molar-refractivity contribution in [2.24, 2.45) is 0 Å². The number of hydrogen-bond donors (Lipinski definition) is 2. The maximum absolute atomic E-state index is 12.5. The van der Waals surface area contributed by atoms with Crippen LogP contribution in [0, 0.1) is 0 Å². The standard InChI is InChI=1S/C16H20ClN5OS/c1-2-24-15-4-3-11(17)9-13(15)19-16(23)14-10-22(21-20-14)12-5-7-18-8-6-12/h3-4,9-10,12,18H,2,5-8H2,1H3,(H,19,23). The fraction of sp³-hybridized carbons (Fsp3) is 0.438. The van der Waals surface area contributed by atoms with E-state index in [0.717, 1.165) is 36.6 Å². The highest BCUT2D eigenvalue weighted by Crippen LogP contribution is 2.30. The predicted molar refractivity (Wildman–Crippen MR) is 97.0 cm³/mol. The van der Waals surface area contributed by atoms with Gasteiger partial charge in [0.1, 0.15) is 0 Å². The first-order chi connectivity index (χ1) is 11.7. The van der Waals surface area contributed by atoms with E-state index < -0.39 is 0 Å². The van der Waals surface area contributed by atoms with Crippen molar-refractivity contribution in [1.82, 2.24) is 20.3 Å². The first-order valence-electron chi connectivity index (χ1n) is 8.03.